The van der Waals surface area contributed by atoms with Gasteiger partial charge >= 0.3 is 0 Å². The van der Waals surface area contributed by atoms with Gasteiger partial charge in [0.1, 0.15) is 11.6 Å². The number of nitrogens with one attached hydrogen (secondary N) is 1. The van der Waals surface area contributed by atoms with Gasteiger partial charge in [-0.1, -0.05) is 18.2 Å². The molecule has 0 radical (unpaired) electrons. The molecule has 0 aliphatic rings. The van der Waals surface area contributed by atoms with Crippen LogP contribution in [0.3, 0.4) is 0 Å². The standard InChI is InChI=1S/C17H15FN2OS/c1-11-5-3-4-6-14(11)19-17-20-15(10-22-17)13-9-12(18)7-8-16(13)21-2/h3-10H,1-2H3,(H,19,20). The van der Waals surface area contributed by atoms with E-state index in [9.17, 15) is 4.39 Å². The Morgan fingerprint density at radius 1 is 1.18 bits per heavy atom. The molecule has 0 bridgehead atoms. The fourth-order valence-corrected chi connectivity index (χ4v) is 2.89. The second kappa shape index (κ2) is 6.15. The predicted molar refractivity (Wildman–Crippen MR) is 88.5 cm³/mol. The summed E-state index contributed by atoms with van der Waals surface area (Å²) in [6.07, 6.45) is 0. The van der Waals surface area contributed by atoms with Crippen LogP contribution in [0.25, 0.3) is 11.3 Å². The third-order valence-electron chi connectivity index (χ3n) is 3.33. The summed E-state index contributed by atoms with van der Waals surface area (Å²) >= 11 is 1.47. The third kappa shape index (κ3) is 2.94. The molecule has 2 aromatic carbocycles. The number of anilines is 2. The summed E-state index contributed by atoms with van der Waals surface area (Å²) in [7, 11) is 1.57. The number of halogens is 1. The van der Waals surface area contributed by atoms with E-state index < -0.39 is 0 Å². The van der Waals surface area contributed by atoms with Gasteiger partial charge in [0, 0.05) is 16.6 Å². The Bertz CT molecular complexity index is 801. The maximum absolute atomic E-state index is 13.5. The van der Waals surface area contributed by atoms with Gasteiger partial charge in [0.2, 0.25) is 0 Å². The van der Waals surface area contributed by atoms with E-state index in [2.05, 4.69) is 10.3 Å². The highest BCUT2D eigenvalue weighted by atomic mass is 32.1. The van der Waals surface area contributed by atoms with Crippen LogP contribution in [0.5, 0.6) is 5.75 Å². The van der Waals surface area contributed by atoms with E-state index in [1.807, 2.05) is 36.6 Å². The lowest BCUT2D eigenvalue weighted by Crippen LogP contribution is -1.93. The van der Waals surface area contributed by atoms with Crippen molar-refractivity contribution in [1.82, 2.24) is 4.98 Å². The van der Waals surface area contributed by atoms with Crippen LogP contribution < -0.4 is 10.1 Å². The van der Waals surface area contributed by atoms with E-state index in [0.717, 1.165) is 16.4 Å². The van der Waals surface area contributed by atoms with E-state index in [-0.39, 0.29) is 5.82 Å². The molecule has 0 atom stereocenters. The molecule has 0 aliphatic carbocycles. The molecule has 1 heterocycles. The summed E-state index contributed by atoms with van der Waals surface area (Å²) in [5.41, 5.74) is 3.49. The molecule has 1 N–H and O–H groups in total. The van der Waals surface area contributed by atoms with Crippen LogP contribution in [0.2, 0.25) is 0 Å². The number of ether oxygens (including phenoxy) is 1. The Kier molecular flexibility index (Phi) is 4.06. The van der Waals surface area contributed by atoms with E-state index in [1.165, 1.54) is 23.5 Å². The number of aromatic nitrogens is 1. The van der Waals surface area contributed by atoms with Gasteiger partial charge in [-0.2, -0.15) is 0 Å². The lowest BCUT2D eigenvalue weighted by molar-refractivity contribution is 0.415. The topological polar surface area (TPSA) is 34.1 Å². The lowest BCUT2D eigenvalue weighted by atomic mass is 10.1. The fraction of sp³-hybridized carbons (Fsp3) is 0.118. The maximum atomic E-state index is 13.5. The first-order valence-electron chi connectivity index (χ1n) is 6.79. The highest BCUT2D eigenvalue weighted by Crippen LogP contribution is 2.33. The molecule has 112 valence electrons. The van der Waals surface area contributed by atoms with E-state index >= 15 is 0 Å². The minimum Gasteiger partial charge on any atom is -0.496 e. The Hall–Kier alpha value is -2.40. The van der Waals surface area contributed by atoms with Crippen LogP contribution in [0.4, 0.5) is 15.2 Å². The molecule has 3 aromatic rings. The van der Waals surface area contributed by atoms with E-state index in [4.69, 9.17) is 4.74 Å². The van der Waals surface area contributed by atoms with E-state index in [1.54, 1.807) is 13.2 Å². The van der Waals surface area contributed by atoms with Gasteiger partial charge in [0.25, 0.3) is 0 Å². The molecule has 5 heteroatoms. The normalized spacial score (nSPS) is 10.5. The first-order chi connectivity index (χ1) is 10.7. The number of thiazole rings is 1. The molecule has 0 spiro atoms. The quantitative estimate of drug-likeness (QED) is 0.735. The molecular formula is C17H15FN2OS. The molecule has 0 aliphatic heterocycles. The number of rotatable bonds is 4. The van der Waals surface area contributed by atoms with Gasteiger partial charge < -0.3 is 10.1 Å². The lowest BCUT2D eigenvalue weighted by Gasteiger charge is -2.07. The molecule has 0 amide bonds. The number of hydrogen-bond acceptors (Lipinski definition) is 4. The highest BCUT2D eigenvalue weighted by molar-refractivity contribution is 7.14. The Labute approximate surface area is 132 Å². The zero-order valence-corrected chi connectivity index (χ0v) is 13.1. The minimum atomic E-state index is -0.308. The number of para-hydroxylation sites is 1. The Morgan fingerprint density at radius 2 is 2.00 bits per heavy atom. The van der Waals surface area contributed by atoms with Crippen LogP contribution in [0.15, 0.2) is 47.8 Å². The summed E-state index contributed by atoms with van der Waals surface area (Å²) in [5, 5.41) is 5.93. The number of nitrogens with zero attached hydrogens (tertiary/aromatic N) is 1. The molecule has 1 aromatic heterocycles. The number of methoxy groups -OCH3 is 1. The SMILES string of the molecule is COc1ccc(F)cc1-c1csc(Nc2ccccc2C)n1. The molecular weight excluding hydrogens is 299 g/mol. The van der Waals surface area contributed by atoms with Crippen molar-refractivity contribution in [3.05, 3.63) is 59.2 Å². The molecule has 0 saturated carbocycles. The van der Waals surface area contributed by atoms with Crippen molar-refractivity contribution >= 4 is 22.2 Å². The summed E-state index contributed by atoms with van der Waals surface area (Å²) in [6, 6.07) is 12.4. The summed E-state index contributed by atoms with van der Waals surface area (Å²) in [5.74, 6) is 0.298. The van der Waals surface area contributed by atoms with Crippen molar-refractivity contribution in [3.63, 3.8) is 0 Å². The van der Waals surface area contributed by atoms with Crippen LogP contribution in [-0.2, 0) is 0 Å². The molecule has 0 fully saturated rings. The zero-order valence-electron chi connectivity index (χ0n) is 12.3. The van der Waals surface area contributed by atoms with Crippen molar-refractivity contribution in [2.24, 2.45) is 0 Å². The first-order valence-corrected chi connectivity index (χ1v) is 7.67. The first kappa shape index (κ1) is 14.5. The van der Waals surface area contributed by atoms with Crippen molar-refractivity contribution in [2.75, 3.05) is 12.4 Å². The van der Waals surface area contributed by atoms with Crippen molar-refractivity contribution in [3.8, 4) is 17.0 Å². The fourth-order valence-electron chi connectivity index (χ4n) is 2.16. The summed E-state index contributed by atoms with van der Waals surface area (Å²) in [6.45, 7) is 2.03. The van der Waals surface area contributed by atoms with Crippen LogP contribution in [0.1, 0.15) is 5.56 Å². The number of benzene rings is 2. The zero-order chi connectivity index (χ0) is 15.5. The smallest absolute Gasteiger partial charge is 0.187 e. The molecule has 3 nitrogen and oxygen atoms in total. The molecule has 0 unspecified atom stereocenters. The second-order valence-corrected chi connectivity index (χ2v) is 5.68. The largest absolute Gasteiger partial charge is 0.496 e. The third-order valence-corrected chi connectivity index (χ3v) is 4.09. The van der Waals surface area contributed by atoms with Gasteiger partial charge in [0.15, 0.2) is 5.13 Å². The summed E-state index contributed by atoms with van der Waals surface area (Å²) in [4.78, 5) is 4.53. The van der Waals surface area contributed by atoms with Gasteiger partial charge in [-0.15, -0.1) is 11.3 Å². The van der Waals surface area contributed by atoms with Crippen molar-refractivity contribution in [2.45, 2.75) is 6.92 Å². The van der Waals surface area contributed by atoms with Gasteiger partial charge in [-0.25, -0.2) is 9.37 Å². The minimum absolute atomic E-state index is 0.308. The predicted octanol–water partition coefficient (Wildman–Crippen LogP) is 5.01. The number of hydrogen-bond donors (Lipinski definition) is 1. The van der Waals surface area contributed by atoms with Crippen LogP contribution in [-0.4, -0.2) is 12.1 Å². The van der Waals surface area contributed by atoms with E-state index in [0.29, 0.717) is 17.0 Å². The highest BCUT2D eigenvalue weighted by Gasteiger charge is 2.11. The van der Waals surface area contributed by atoms with Crippen molar-refractivity contribution in [1.29, 1.82) is 0 Å². The Balaban J connectivity index is 1.91. The van der Waals surface area contributed by atoms with Crippen LogP contribution >= 0.6 is 11.3 Å². The summed E-state index contributed by atoms with van der Waals surface area (Å²) < 4.78 is 18.8. The monoisotopic (exact) mass is 314 g/mol. The van der Waals surface area contributed by atoms with Crippen LogP contribution in [0, 0.1) is 12.7 Å². The maximum Gasteiger partial charge on any atom is 0.187 e. The Morgan fingerprint density at radius 3 is 2.77 bits per heavy atom. The van der Waals surface area contributed by atoms with Gasteiger partial charge in [0.05, 0.1) is 12.8 Å². The van der Waals surface area contributed by atoms with Crippen molar-refractivity contribution < 1.29 is 9.13 Å². The molecule has 3 rings (SSSR count). The molecule has 0 saturated heterocycles. The van der Waals surface area contributed by atoms with Gasteiger partial charge in [-0.05, 0) is 36.8 Å². The average Bonchev–Trinajstić information content (AvgIpc) is 2.98. The van der Waals surface area contributed by atoms with Gasteiger partial charge in [-0.3, -0.25) is 0 Å². The molecule has 22 heavy (non-hydrogen) atoms. The number of aryl methyl sites for hydroxylation is 1. The average molecular weight is 314 g/mol. The second-order valence-electron chi connectivity index (χ2n) is 4.82.